The van der Waals surface area contributed by atoms with Crippen LogP contribution in [0.3, 0.4) is 0 Å². The highest BCUT2D eigenvalue weighted by molar-refractivity contribution is 6.34. The van der Waals surface area contributed by atoms with Crippen molar-refractivity contribution in [1.29, 1.82) is 0 Å². The van der Waals surface area contributed by atoms with Crippen molar-refractivity contribution in [3.63, 3.8) is 0 Å². The minimum atomic E-state index is -0.426. The number of rotatable bonds is 5. The number of halogens is 2. The highest BCUT2D eigenvalue weighted by atomic mass is 35.5. The lowest BCUT2D eigenvalue weighted by molar-refractivity contribution is 0.0925. The number of aliphatic hydroxyl groups excluding tert-OH is 1. The van der Waals surface area contributed by atoms with Crippen LogP contribution in [0.5, 0.6) is 0 Å². The Morgan fingerprint density at radius 3 is 2.57 bits per heavy atom. The van der Waals surface area contributed by atoms with Gasteiger partial charge in [-0.05, 0) is 24.1 Å². The van der Waals surface area contributed by atoms with Crippen LogP contribution in [0, 0.1) is 0 Å². The van der Waals surface area contributed by atoms with Crippen molar-refractivity contribution in [2.24, 2.45) is 0 Å². The molecule has 21 heavy (non-hydrogen) atoms. The Morgan fingerprint density at radius 1 is 1.19 bits per heavy atom. The van der Waals surface area contributed by atoms with Crippen LogP contribution >= 0.6 is 23.2 Å². The Kier molecular flexibility index (Phi) is 5.56. The predicted molar refractivity (Wildman–Crippen MR) is 82.6 cm³/mol. The summed E-state index contributed by atoms with van der Waals surface area (Å²) in [6.07, 6.45) is 0.397. The van der Waals surface area contributed by atoms with Crippen LogP contribution in [0.25, 0.3) is 0 Å². The van der Waals surface area contributed by atoms with E-state index in [-0.39, 0.29) is 28.5 Å². The van der Waals surface area contributed by atoms with Crippen molar-refractivity contribution in [3.05, 3.63) is 63.9 Å². The van der Waals surface area contributed by atoms with E-state index < -0.39 is 5.91 Å². The van der Waals surface area contributed by atoms with Crippen molar-refractivity contribution < 1.29 is 9.90 Å². The molecule has 1 amide bonds. The second-order valence-electron chi connectivity index (χ2n) is 4.41. The van der Waals surface area contributed by atoms with Crippen molar-refractivity contribution in [3.8, 4) is 0 Å². The van der Waals surface area contributed by atoms with E-state index in [4.69, 9.17) is 28.3 Å². The van der Waals surface area contributed by atoms with Gasteiger partial charge in [0.25, 0.3) is 5.91 Å². The number of aromatic nitrogens is 1. The lowest BCUT2D eigenvalue weighted by Crippen LogP contribution is -2.30. The number of amides is 1. The maximum absolute atomic E-state index is 12.3. The van der Waals surface area contributed by atoms with Gasteiger partial charge in [0, 0.05) is 6.61 Å². The van der Waals surface area contributed by atoms with Crippen LogP contribution in [-0.4, -0.2) is 22.6 Å². The van der Waals surface area contributed by atoms with E-state index in [1.165, 1.54) is 12.1 Å². The molecule has 110 valence electrons. The summed E-state index contributed by atoms with van der Waals surface area (Å²) in [7, 11) is 0. The summed E-state index contributed by atoms with van der Waals surface area (Å²) in [6, 6.07) is 12.1. The van der Waals surface area contributed by atoms with Gasteiger partial charge in [-0.2, -0.15) is 0 Å². The van der Waals surface area contributed by atoms with Gasteiger partial charge in [0.1, 0.15) is 10.8 Å². The van der Waals surface area contributed by atoms with Crippen molar-refractivity contribution in [2.75, 3.05) is 6.61 Å². The number of pyridine rings is 1. The summed E-state index contributed by atoms with van der Waals surface area (Å²) in [4.78, 5) is 16.2. The number of carbonyl (C=O) groups excluding carboxylic acids is 1. The molecule has 0 saturated carbocycles. The van der Waals surface area contributed by atoms with Gasteiger partial charge >= 0.3 is 0 Å². The molecule has 0 spiro atoms. The highest BCUT2D eigenvalue weighted by Crippen LogP contribution is 2.20. The van der Waals surface area contributed by atoms with E-state index in [2.05, 4.69) is 10.3 Å². The Balaban J connectivity index is 2.20. The van der Waals surface area contributed by atoms with Gasteiger partial charge in [-0.1, -0.05) is 53.5 Å². The van der Waals surface area contributed by atoms with Gasteiger partial charge in [0.05, 0.1) is 11.1 Å². The van der Waals surface area contributed by atoms with Gasteiger partial charge in [0.2, 0.25) is 0 Å². The summed E-state index contributed by atoms with van der Waals surface area (Å²) < 4.78 is 0. The molecule has 0 fully saturated rings. The SMILES string of the molecule is O=C(NC(CCO)c1ccccc1)c1nc(Cl)ccc1Cl. The molecular weight excluding hydrogens is 311 g/mol. The first kappa shape index (κ1) is 15.8. The molecule has 0 radical (unpaired) electrons. The Labute approximate surface area is 132 Å². The minimum absolute atomic E-state index is 0.0451. The zero-order chi connectivity index (χ0) is 15.2. The molecule has 1 aromatic carbocycles. The van der Waals surface area contributed by atoms with Crippen molar-refractivity contribution in [1.82, 2.24) is 10.3 Å². The molecular formula is C15H14Cl2N2O2. The van der Waals surface area contributed by atoms with Crippen LogP contribution in [0.2, 0.25) is 10.2 Å². The monoisotopic (exact) mass is 324 g/mol. The van der Waals surface area contributed by atoms with Gasteiger partial charge in [0.15, 0.2) is 0 Å². The average molecular weight is 325 g/mol. The van der Waals surface area contributed by atoms with E-state index in [0.717, 1.165) is 5.56 Å². The second-order valence-corrected chi connectivity index (χ2v) is 5.21. The number of hydrogen-bond acceptors (Lipinski definition) is 3. The third-order valence-corrected chi connectivity index (χ3v) is 3.47. The lowest BCUT2D eigenvalue weighted by Gasteiger charge is -2.18. The molecule has 0 saturated heterocycles. The van der Waals surface area contributed by atoms with Crippen LogP contribution < -0.4 is 5.32 Å². The Bertz CT molecular complexity index is 620. The van der Waals surface area contributed by atoms with E-state index in [0.29, 0.717) is 6.42 Å². The molecule has 1 heterocycles. The smallest absolute Gasteiger partial charge is 0.271 e. The third-order valence-electron chi connectivity index (χ3n) is 2.95. The molecule has 2 N–H and O–H groups in total. The molecule has 1 aromatic heterocycles. The summed E-state index contributed by atoms with van der Waals surface area (Å²) in [5, 5.41) is 12.4. The van der Waals surface area contributed by atoms with Crippen LogP contribution in [0.1, 0.15) is 28.5 Å². The van der Waals surface area contributed by atoms with Crippen molar-refractivity contribution >= 4 is 29.1 Å². The standard InChI is InChI=1S/C15H14Cl2N2O2/c16-11-6-7-13(17)19-14(11)15(21)18-12(8-9-20)10-4-2-1-3-5-10/h1-7,12,20H,8-9H2,(H,18,21). The van der Waals surface area contributed by atoms with E-state index in [1.807, 2.05) is 30.3 Å². The molecule has 0 aliphatic rings. The zero-order valence-electron chi connectivity index (χ0n) is 11.1. The third kappa shape index (κ3) is 4.17. The quantitative estimate of drug-likeness (QED) is 0.830. The van der Waals surface area contributed by atoms with E-state index in [9.17, 15) is 4.79 Å². The fraction of sp³-hybridized carbons (Fsp3) is 0.200. The molecule has 2 aromatic rings. The number of nitrogens with one attached hydrogen (secondary N) is 1. The number of carbonyl (C=O) groups is 1. The lowest BCUT2D eigenvalue weighted by atomic mass is 10.0. The van der Waals surface area contributed by atoms with Crippen LogP contribution in [-0.2, 0) is 0 Å². The van der Waals surface area contributed by atoms with Gasteiger partial charge in [-0.25, -0.2) is 4.98 Å². The van der Waals surface area contributed by atoms with E-state index >= 15 is 0 Å². The highest BCUT2D eigenvalue weighted by Gasteiger charge is 2.18. The number of nitrogens with zero attached hydrogens (tertiary/aromatic N) is 1. The number of benzene rings is 1. The van der Waals surface area contributed by atoms with Gasteiger partial charge in [-0.3, -0.25) is 4.79 Å². The normalized spacial score (nSPS) is 12.0. The first-order valence-corrected chi connectivity index (χ1v) is 7.16. The summed E-state index contributed by atoms with van der Waals surface area (Å²) in [5.74, 6) is -0.426. The Morgan fingerprint density at radius 2 is 1.90 bits per heavy atom. The molecule has 1 atom stereocenters. The topological polar surface area (TPSA) is 62.2 Å². The Hall–Kier alpha value is -1.62. The molecule has 6 heteroatoms. The molecule has 0 aliphatic carbocycles. The van der Waals surface area contributed by atoms with Gasteiger partial charge < -0.3 is 10.4 Å². The molecule has 0 aliphatic heterocycles. The average Bonchev–Trinajstić information content (AvgIpc) is 2.50. The first-order valence-electron chi connectivity index (χ1n) is 6.40. The zero-order valence-corrected chi connectivity index (χ0v) is 12.6. The first-order chi connectivity index (χ1) is 10.1. The van der Waals surface area contributed by atoms with E-state index in [1.54, 1.807) is 0 Å². The van der Waals surface area contributed by atoms with Crippen molar-refractivity contribution in [2.45, 2.75) is 12.5 Å². The molecule has 0 bridgehead atoms. The molecule has 4 nitrogen and oxygen atoms in total. The van der Waals surface area contributed by atoms with Gasteiger partial charge in [-0.15, -0.1) is 0 Å². The maximum atomic E-state index is 12.3. The number of hydrogen-bond donors (Lipinski definition) is 2. The maximum Gasteiger partial charge on any atom is 0.271 e. The fourth-order valence-electron chi connectivity index (χ4n) is 1.94. The summed E-state index contributed by atoms with van der Waals surface area (Å²) in [5.41, 5.74) is 0.973. The number of aliphatic hydroxyl groups is 1. The minimum Gasteiger partial charge on any atom is -0.396 e. The largest absolute Gasteiger partial charge is 0.396 e. The fourth-order valence-corrected chi connectivity index (χ4v) is 2.28. The molecule has 2 rings (SSSR count). The van der Waals surface area contributed by atoms with Crippen LogP contribution in [0.15, 0.2) is 42.5 Å². The second kappa shape index (κ2) is 7.41. The predicted octanol–water partition coefficient (Wildman–Crippen LogP) is 3.24. The summed E-state index contributed by atoms with van der Waals surface area (Å²) >= 11 is 11.8. The molecule has 1 unspecified atom stereocenters. The van der Waals surface area contributed by atoms with Crippen LogP contribution in [0.4, 0.5) is 0 Å². The summed E-state index contributed by atoms with van der Waals surface area (Å²) in [6.45, 7) is -0.0451.